The van der Waals surface area contributed by atoms with Crippen molar-refractivity contribution in [2.75, 3.05) is 5.73 Å². The van der Waals surface area contributed by atoms with Crippen LogP contribution in [0.2, 0.25) is 0 Å². The molecule has 1 aromatic heterocycles. The second-order valence-electron chi connectivity index (χ2n) is 4.43. The monoisotopic (exact) mass is 234 g/mol. The summed E-state index contributed by atoms with van der Waals surface area (Å²) in [5.41, 5.74) is 8.96. The van der Waals surface area contributed by atoms with Crippen LogP contribution in [0.1, 0.15) is 5.69 Å². The number of fused-ring (bicyclic) bond motifs is 1. The number of rotatable bonds is 1. The van der Waals surface area contributed by atoms with Gasteiger partial charge in [-0.15, -0.1) is 0 Å². The van der Waals surface area contributed by atoms with Gasteiger partial charge in [0.1, 0.15) is 5.82 Å². The Hall–Kier alpha value is -2.35. The maximum atomic E-state index is 5.69. The highest BCUT2D eigenvalue weighted by Gasteiger charge is 2.04. The van der Waals surface area contributed by atoms with Crippen molar-refractivity contribution in [1.82, 2.24) is 4.98 Å². The number of hydrogen-bond donors (Lipinski definition) is 1. The molecule has 88 valence electrons. The molecule has 2 heteroatoms. The Morgan fingerprint density at radius 3 is 2.44 bits per heavy atom. The molecular formula is C16H14N2. The first-order valence-corrected chi connectivity index (χ1v) is 5.96. The summed E-state index contributed by atoms with van der Waals surface area (Å²) < 4.78 is 0. The fourth-order valence-corrected chi connectivity index (χ4v) is 2.24. The van der Waals surface area contributed by atoms with Crippen molar-refractivity contribution in [2.45, 2.75) is 6.92 Å². The van der Waals surface area contributed by atoms with Crippen molar-refractivity contribution in [3.05, 3.63) is 60.3 Å². The molecule has 2 aromatic carbocycles. The van der Waals surface area contributed by atoms with Gasteiger partial charge in [0.2, 0.25) is 0 Å². The summed E-state index contributed by atoms with van der Waals surface area (Å²) >= 11 is 0. The van der Waals surface area contributed by atoms with E-state index in [-0.39, 0.29) is 0 Å². The Morgan fingerprint density at radius 1 is 0.889 bits per heavy atom. The molecule has 2 N–H and O–H groups in total. The third kappa shape index (κ3) is 1.82. The third-order valence-corrected chi connectivity index (χ3v) is 3.17. The molecule has 0 aliphatic heterocycles. The predicted molar refractivity (Wildman–Crippen MR) is 76.3 cm³/mol. The lowest BCUT2D eigenvalue weighted by molar-refractivity contribution is 1.21. The number of pyridine rings is 1. The average molecular weight is 234 g/mol. The molecule has 0 aliphatic carbocycles. The second-order valence-corrected chi connectivity index (χ2v) is 4.43. The number of nitrogens with zero attached hydrogens (tertiary/aromatic N) is 1. The van der Waals surface area contributed by atoms with E-state index < -0.39 is 0 Å². The van der Waals surface area contributed by atoms with Crippen molar-refractivity contribution < 1.29 is 0 Å². The molecule has 0 fully saturated rings. The molecule has 0 bridgehead atoms. The first-order valence-electron chi connectivity index (χ1n) is 5.96. The zero-order valence-corrected chi connectivity index (χ0v) is 10.2. The van der Waals surface area contributed by atoms with Crippen LogP contribution >= 0.6 is 0 Å². The Bertz CT molecular complexity index is 717. The summed E-state index contributed by atoms with van der Waals surface area (Å²) in [5, 5.41) is 2.49. The highest BCUT2D eigenvalue weighted by molar-refractivity contribution is 5.87. The standard InChI is InChI=1S/C16H14N2/c1-11-15(8-9-16(17)18-11)14-7-6-12-4-2-3-5-13(12)10-14/h2-10H,1H3,(H2,17,18). The first kappa shape index (κ1) is 10.8. The molecule has 2 nitrogen and oxygen atoms in total. The van der Waals surface area contributed by atoms with E-state index in [2.05, 4.69) is 47.4 Å². The number of aryl methyl sites for hydroxylation is 1. The fraction of sp³-hybridized carbons (Fsp3) is 0.0625. The zero-order chi connectivity index (χ0) is 12.5. The van der Waals surface area contributed by atoms with Crippen molar-refractivity contribution in [3.63, 3.8) is 0 Å². The minimum atomic E-state index is 0.567. The minimum Gasteiger partial charge on any atom is -0.384 e. The van der Waals surface area contributed by atoms with Gasteiger partial charge in [0, 0.05) is 11.3 Å². The van der Waals surface area contributed by atoms with Crippen LogP contribution in [0.4, 0.5) is 5.82 Å². The topological polar surface area (TPSA) is 38.9 Å². The molecule has 0 saturated heterocycles. The highest BCUT2D eigenvalue weighted by Crippen LogP contribution is 2.26. The molecule has 0 atom stereocenters. The first-order chi connectivity index (χ1) is 8.74. The van der Waals surface area contributed by atoms with E-state index in [4.69, 9.17) is 5.73 Å². The van der Waals surface area contributed by atoms with Crippen molar-refractivity contribution in [2.24, 2.45) is 0 Å². The highest BCUT2D eigenvalue weighted by atomic mass is 14.8. The van der Waals surface area contributed by atoms with Gasteiger partial charge in [-0.25, -0.2) is 4.98 Å². The van der Waals surface area contributed by atoms with Crippen LogP contribution in [0.3, 0.4) is 0 Å². The van der Waals surface area contributed by atoms with Gasteiger partial charge in [0.15, 0.2) is 0 Å². The van der Waals surface area contributed by atoms with E-state index in [9.17, 15) is 0 Å². The minimum absolute atomic E-state index is 0.567. The van der Waals surface area contributed by atoms with Crippen LogP contribution < -0.4 is 5.73 Å². The summed E-state index contributed by atoms with van der Waals surface area (Å²) in [5.74, 6) is 0.567. The van der Waals surface area contributed by atoms with Gasteiger partial charge in [-0.1, -0.05) is 36.4 Å². The molecule has 18 heavy (non-hydrogen) atoms. The van der Waals surface area contributed by atoms with E-state index >= 15 is 0 Å². The Balaban J connectivity index is 2.19. The summed E-state index contributed by atoms with van der Waals surface area (Å²) in [7, 11) is 0. The molecule has 3 rings (SSSR count). The van der Waals surface area contributed by atoms with Gasteiger partial charge in [0.05, 0.1) is 0 Å². The molecule has 0 saturated carbocycles. The van der Waals surface area contributed by atoms with Crippen LogP contribution in [0.5, 0.6) is 0 Å². The van der Waals surface area contributed by atoms with Crippen LogP contribution in [0, 0.1) is 6.92 Å². The van der Waals surface area contributed by atoms with Gasteiger partial charge in [-0.05, 0) is 41.5 Å². The Kier molecular flexibility index (Phi) is 2.49. The normalized spacial score (nSPS) is 10.7. The molecule has 1 heterocycles. The summed E-state index contributed by atoms with van der Waals surface area (Å²) in [4.78, 5) is 4.31. The number of aromatic nitrogens is 1. The smallest absolute Gasteiger partial charge is 0.123 e. The van der Waals surface area contributed by atoms with Crippen molar-refractivity contribution in [3.8, 4) is 11.1 Å². The van der Waals surface area contributed by atoms with E-state index in [1.165, 1.54) is 16.3 Å². The third-order valence-electron chi connectivity index (χ3n) is 3.17. The summed E-state index contributed by atoms with van der Waals surface area (Å²) in [6, 6.07) is 18.7. The number of nitrogens with two attached hydrogens (primary N) is 1. The summed E-state index contributed by atoms with van der Waals surface area (Å²) in [6.07, 6.45) is 0. The Morgan fingerprint density at radius 2 is 1.67 bits per heavy atom. The summed E-state index contributed by atoms with van der Waals surface area (Å²) in [6.45, 7) is 1.99. The molecule has 0 radical (unpaired) electrons. The van der Waals surface area contributed by atoms with E-state index in [0.29, 0.717) is 5.82 Å². The molecule has 0 unspecified atom stereocenters. The van der Waals surface area contributed by atoms with Gasteiger partial charge in [-0.3, -0.25) is 0 Å². The zero-order valence-electron chi connectivity index (χ0n) is 10.2. The van der Waals surface area contributed by atoms with Crippen molar-refractivity contribution >= 4 is 16.6 Å². The number of hydrogen-bond acceptors (Lipinski definition) is 2. The Labute approximate surface area is 106 Å². The maximum Gasteiger partial charge on any atom is 0.123 e. The average Bonchev–Trinajstić information content (AvgIpc) is 2.38. The SMILES string of the molecule is Cc1nc(N)ccc1-c1ccc2ccccc2c1. The second kappa shape index (κ2) is 4.15. The number of benzene rings is 2. The number of anilines is 1. The van der Waals surface area contributed by atoms with E-state index in [1.807, 2.05) is 19.1 Å². The molecule has 0 amide bonds. The quantitative estimate of drug-likeness (QED) is 0.695. The maximum absolute atomic E-state index is 5.69. The van der Waals surface area contributed by atoms with Crippen LogP contribution in [0.15, 0.2) is 54.6 Å². The lowest BCUT2D eigenvalue weighted by Gasteiger charge is -2.07. The molecule has 0 spiro atoms. The molecule has 0 aliphatic rings. The molecular weight excluding hydrogens is 220 g/mol. The van der Waals surface area contributed by atoms with E-state index in [1.54, 1.807) is 0 Å². The van der Waals surface area contributed by atoms with E-state index in [0.717, 1.165) is 11.3 Å². The van der Waals surface area contributed by atoms with Crippen LogP contribution in [-0.2, 0) is 0 Å². The van der Waals surface area contributed by atoms with Gasteiger partial charge >= 0.3 is 0 Å². The van der Waals surface area contributed by atoms with Gasteiger partial charge < -0.3 is 5.73 Å². The predicted octanol–water partition coefficient (Wildman–Crippen LogP) is 3.79. The lowest BCUT2D eigenvalue weighted by atomic mass is 10.0. The molecule has 3 aromatic rings. The number of nitrogen functional groups attached to an aromatic ring is 1. The van der Waals surface area contributed by atoms with Gasteiger partial charge in [0.25, 0.3) is 0 Å². The largest absolute Gasteiger partial charge is 0.384 e. The van der Waals surface area contributed by atoms with Crippen LogP contribution in [-0.4, -0.2) is 4.98 Å². The van der Waals surface area contributed by atoms with Crippen LogP contribution in [0.25, 0.3) is 21.9 Å². The lowest BCUT2D eigenvalue weighted by Crippen LogP contribution is -1.94. The van der Waals surface area contributed by atoms with Crippen molar-refractivity contribution in [1.29, 1.82) is 0 Å². The fourth-order valence-electron chi connectivity index (χ4n) is 2.24. The van der Waals surface area contributed by atoms with Gasteiger partial charge in [-0.2, -0.15) is 0 Å².